The number of nitrogens with one attached hydrogen (secondary N) is 2. The maximum absolute atomic E-state index is 11.9. The average molecular weight is 306 g/mol. The molecule has 0 spiro atoms. The molecule has 0 heterocycles. The first kappa shape index (κ1) is 15.8. The Morgan fingerprint density at radius 2 is 1.23 bits per heavy atom. The van der Waals surface area contributed by atoms with E-state index in [2.05, 4.69) is 24.5 Å². The zero-order chi connectivity index (χ0) is 15.7. The van der Waals surface area contributed by atoms with Crippen molar-refractivity contribution in [2.24, 2.45) is 35.5 Å². The van der Waals surface area contributed by atoms with E-state index in [0.29, 0.717) is 23.7 Å². The fourth-order valence-corrected chi connectivity index (χ4v) is 3.90. The van der Waals surface area contributed by atoms with Gasteiger partial charge >= 0.3 is 0 Å². The van der Waals surface area contributed by atoms with Crippen LogP contribution in [0.3, 0.4) is 0 Å². The molecule has 4 nitrogen and oxygen atoms in total. The molecule has 0 bridgehead atoms. The molecule has 3 saturated carbocycles. The molecule has 3 rings (SSSR count). The molecule has 0 unspecified atom stereocenters. The molecule has 6 atom stereocenters. The third-order valence-corrected chi connectivity index (χ3v) is 5.91. The molecule has 0 radical (unpaired) electrons. The minimum atomic E-state index is 0.255. The predicted octanol–water partition coefficient (Wildman–Crippen LogP) is 2.34. The van der Waals surface area contributed by atoms with Gasteiger partial charge in [-0.25, -0.2) is 0 Å². The highest BCUT2D eigenvalue weighted by molar-refractivity contribution is 5.81. The Balaban J connectivity index is 1.34. The van der Waals surface area contributed by atoms with E-state index < -0.39 is 0 Å². The summed E-state index contributed by atoms with van der Waals surface area (Å²) in [4.78, 5) is 23.8. The van der Waals surface area contributed by atoms with Gasteiger partial charge in [-0.1, -0.05) is 20.3 Å². The van der Waals surface area contributed by atoms with E-state index in [1.54, 1.807) is 0 Å². The fraction of sp³-hybridized carbons (Fsp3) is 0.889. The molecule has 3 fully saturated rings. The Kier molecular flexibility index (Phi) is 4.74. The molecule has 22 heavy (non-hydrogen) atoms. The van der Waals surface area contributed by atoms with Gasteiger partial charge in [0.1, 0.15) is 0 Å². The number of hydrogen-bond donors (Lipinski definition) is 2. The van der Waals surface area contributed by atoms with Crippen LogP contribution < -0.4 is 10.6 Å². The van der Waals surface area contributed by atoms with Crippen LogP contribution >= 0.6 is 0 Å². The lowest BCUT2D eigenvalue weighted by molar-refractivity contribution is -0.123. The van der Waals surface area contributed by atoms with Crippen molar-refractivity contribution in [3.8, 4) is 0 Å². The Morgan fingerprint density at radius 3 is 1.59 bits per heavy atom. The van der Waals surface area contributed by atoms with Gasteiger partial charge < -0.3 is 10.6 Å². The van der Waals surface area contributed by atoms with Crippen LogP contribution in [-0.2, 0) is 9.59 Å². The second-order valence-corrected chi connectivity index (χ2v) is 8.03. The van der Waals surface area contributed by atoms with Crippen molar-refractivity contribution in [3.05, 3.63) is 0 Å². The molecule has 2 amide bonds. The number of amides is 2. The quantitative estimate of drug-likeness (QED) is 0.791. The van der Waals surface area contributed by atoms with Gasteiger partial charge in [0.15, 0.2) is 0 Å². The summed E-state index contributed by atoms with van der Waals surface area (Å²) in [5, 5.41) is 6.28. The molecule has 2 N–H and O–H groups in total. The summed E-state index contributed by atoms with van der Waals surface area (Å²) in [6.45, 7) is 5.94. The molecule has 0 aliphatic heterocycles. The lowest BCUT2D eigenvalue weighted by Crippen LogP contribution is -2.36. The van der Waals surface area contributed by atoms with Gasteiger partial charge in [0, 0.05) is 24.9 Å². The normalized spacial score (nSPS) is 39.9. The standard InChI is InChI=1S/C18H30N2O2/c1-11-6-15(11)17(21)19-9-13-4-3-5-14(8-13)10-20-18(22)16-7-12(16)2/h11-16H,3-10H2,1-2H3,(H,19,21)(H,20,22)/t11-,12+,13-,14+,15-,16-/m0/s1. The summed E-state index contributed by atoms with van der Waals surface area (Å²) in [5.74, 6) is 3.41. The van der Waals surface area contributed by atoms with Gasteiger partial charge in [0.05, 0.1) is 0 Å². The lowest BCUT2D eigenvalue weighted by atomic mass is 9.81. The van der Waals surface area contributed by atoms with Crippen molar-refractivity contribution in [2.75, 3.05) is 13.1 Å². The third-order valence-electron chi connectivity index (χ3n) is 5.91. The Hall–Kier alpha value is -1.06. The largest absolute Gasteiger partial charge is 0.356 e. The fourth-order valence-electron chi connectivity index (χ4n) is 3.90. The van der Waals surface area contributed by atoms with Crippen molar-refractivity contribution >= 4 is 11.8 Å². The summed E-state index contributed by atoms with van der Waals surface area (Å²) < 4.78 is 0. The second-order valence-electron chi connectivity index (χ2n) is 8.03. The minimum Gasteiger partial charge on any atom is -0.356 e. The van der Waals surface area contributed by atoms with Crippen molar-refractivity contribution in [2.45, 2.75) is 52.4 Å². The SMILES string of the molecule is C[C@@H]1C[C@@H]1C(=O)NC[C@@H]1CCC[C@H](CNC(=O)[C@H]2C[C@@H]2C)C1. The van der Waals surface area contributed by atoms with E-state index >= 15 is 0 Å². The monoisotopic (exact) mass is 306 g/mol. The maximum atomic E-state index is 11.9. The third kappa shape index (κ3) is 4.02. The van der Waals surface area contributed by atoms with Crippen LogP contribution in [0.4, 0.5) is 0 Å². The summed E-state index contributed by atoms with van der Waals surface area (Å²) >= 11 is 0. The van der Waals surface area contributed by atoms with Crippen LogP contribution in [0, 0.1) is 35.5 Å². The van der Waals surface area contributed by atoms with Gasteiger partial charge in [0.25, 0.3) is 0 Å². The van der Waals surface area contributed by atoms with Crippen LogP contribution in [0.2, 0.25) is 0 Å². The molecular formula is C18H30N2O2. The molecule has 3 aliphatic carbocycles. The number of hydrogen-bond acceptors (Lipinski definition) is 2. The van der Waals surface area contributed by atoms with Crippen LogP contribution in [0.25, 0.3) is 0 Å². The molecule has 124 valence electrons. The van der Waals surface area contributed by atoms with Crippen molar-refractivity contribution < 1.29 is 9.59 Å². The summed E-state index contributed by atoms with van der Waals surface area (Å²) in [6.07, 6.45) is 6.91. The number of carbonyl (C=O) groups is 2. The lowest BCUT2D eigenvalue weighted by Gasteiger charge is -2.29. The topological polar surface area (TPSA) is 58.2 Å². The molecule has 0 saturated heterocycles. The highest BCUT2D eigenvalue weighted by Gasteiger charge is 2.40. The van der Waals surface area contributed by atoms with Crippen LogP contribution in [0.5, 0.6) is 0 Å². The average Bonchev–Trinajstić information content (AvgIpc) is 3.41. The number of rotatable bonds is 6. The van der Waals surface area contributed by atoms with Crippen LogP contribution in [-0.4, -0.2) is 24.9 Å². The van der Waals surface area contributed by atoms with Crippen LogP contribution in [0.15, 0.2) is 0 Å². The Morgan fingerprint density at radius 1 is 0.818 bits per heavy atom. The first-order valence-electron chi connectivity index (χ1n) is 9.10. The molecule has 0 aromatic rings. The zero-order valence-electron chi connectivity index (χ0n) is 13.9. The number of carbonyl (C=O) groups excluding carboxylic acids is 2. The van der Waals surface area contributed by atoms with Gasteiger partial charge in [-0.15, -0.1) is 0 Å². The van der Waals surface area contributed by atoms with Crippen molar-refractivity contribution in [1.82, 2.24) is 10.6 Å². The van der Waals surface area contributed by atoms with E-state index in [1.165, 1.54) is 19.3 Å². The van der Waals surface area contributed by atoms with Gasteiger partial charge in [-0.3, -0.25) is 9.59 Å². The van der Waals surface area contributed by atoms with Gasteiger partial charge in [-0.05, 0) is 55.8 Å². The highest BCUT2D eigenvalue weighted by atomic mass is 16.2. The van der Waals surface area contributed by atoms with E-state index in [4.69, 9.17) is 0 Å². The summed E-state index contributed by atoms with van der Waals surface area (Å²) in [6, 6.07) is 0. The predicted molar refractivity (Wildman–Crippen MR) is 86.0 cm³/mol. The molecular weight excluding hydrogens is 276 g/mol. The highest BCUT2D eigenvalue weighted by Crippen LogP contribution is 2.38. The summed E-state index contributed by atoms with van der Waals surface area (Å²) in [7, 11) is 0. The van der Waals surface area contributed by atoms with E-state index in [0.717, 1.165) is 32.4 Å². The zero-order valence-corrected chi connectivity index (χ0v) is 13.9. The molecule has 0 aromatic carbocycles. The first-order chi connectivity index (χ1) is 10.5. The van der Waals surface area contributed by atoms with Crippen molar-refractivity contribution in [3.63, 3.8) is 0 Å². The van der Waals surface area contributed by atoms with E-state index in [9.17, 15) is 9.59 Å². The van der Waals surface area contributed by atoms with Crippen molar-refractivity contribution in [1.29, 1.82) is 0 Å². The minimum absolute atomic E-state index is 0.255. The van der Waals surface area contributed by atoms with Gasteiger partial charge in [0.2, 0.25) is 11.8 Å². The summed E-state index contributed by atoms with van der Waals surface area (Å²) in [5.41, 5.74) is 0. The molecule has 0 aromatic heterocycles. The maximum Gasteiger partial charge on any atom is 0.223 e. The van der Waals surface area contributed by atoms with E-state index in [1.807, 2.05) is 0 Å². The smallest absolute Gasteiger partial charge is 0.223 e. The molecule has 3 aliphatic rings. The Bertz CT molecular complexity index is 399. The first-order valence-corrected chi connectivity index (χ1v) is 9.10. The van der Waals surface area contributed by atoms with Crippen LogP contribution in [0.1, 0.15) is 52.4 Å². The van der Waals surface area contributed by atoms with E-state index in [-0.39, 0.29) is 23.7 Å². The van der Waals surface area contributed by atoms with Gasteiger partial charge in [-0.2, -0.15) is 0 Å². The Labute approximate surface area is 133 Å². The second kappa shape index (κ2) is 6.59. The molecule has 4 heteroatoms.